The quantitative estimate of drug-likeness (QED) is 0.752. The Labute approximate surface area is 133 Å². The second kappa shape index (κ2) is 7.66. The molecule has 1 aromatic heterocycles. The van der Waals surface area contributed by atoms with E-state index in [0.717, 1.165) is 29.8 Å². The summed E-state index contributed by atoms with van der Waals surface area (Å²) >= 11 is 5.18. The molecule has 6 heteroatoms. The molecule has 0 aliphatic heterocycles. The monoisotopic (exact) mass is 309 g/mol. The van der Waals surface area contributed by atoms with Gasteiger partial charge in [-0.1, -0.05) is 26.1 Å². The van der Waals surface area contributed by atoms with Crippen LogP contribution in [0.15, 0.2) is 0 Å². The number of rotatable bonds is 7. The normalized spacial score (nSPS) is 12.8. The molecule has 0 aliphatic carbocycles. The summed E-state index contributed by atoms with van der Waals surface area (Å²) in [5.41, 5.74) is 8.54. The van der Waals surface area contributed by atoms with Crippen LogP contribution in [-0.4, -0.2) is 46.8 Å². The van der Waals surface area contributed by atoms with Crippen molar-refractivity contribution in [1.29, 1.82) is 0 Å². The highest BCUT2D eigenvalue weighted by Crippen LogP contribution is 2.20. The van der Waals surface area contributed by atoms with Crippen LogP contribution in [0.1, 0.15) is 37.1 Å². The molecule has 0 aromatic carbocycles. The minimum absolute atomic E-state index is 0.282. The molecule has 5 nitrogen and oxygen atoms in total. The van der Waals surface area contributed by atoms with Gasteiger partial charge in [-0.05, 0) is 45.8 Å². The predicted octanol–water partition coefficient (Wildman–Crippen LogP) is 2.12. The van der Waals surface area contributed by atoms with Crippen LogP contribution in [0.2, 0.25) is 0 Å². The summed E-state index contributed by atoms with van der Waals surface area (Å²) in [6, 6.07) is 0.282. The Morgan fingerprint density at radius 1 is 1.29 bits per heavy atom. The maximum Gasteiger partial charge on any atom is 0.159 e. The number of anilines is 1. The van der Waals surface area contributed by atoms with Crippen LogP contribution in [0.3, 0.4) is 0 Å². The standard InChI is InChI=1S/C15H27N5S/c1-9(2)7-12(8-20(5)6)17-15-13(14(16)21)10(3)11(4)18-19-15/h9,12H,7-8H2,1-6H3,(H2,16,21)(H,17,19). The third-order valence-corrected chi connectivity index (χ3v) is 3.59. The Morgan fingerprint density at radius 2 is 1.90 bits per heavy atom. The Kier molecular flexibility index (Phi) is 6.48. The van der Waals surface area contributed by atoms with E-state index in [0.29, 0.717) is 16.7 Å². The van der Waals surface area contributed by atoms with Crippen LogP contribution >= 0.6 is 12.2 Å². The highest BCUT2D eigenvalue weighted by atomic mass is 32.1. The first-order valence-electron chi connectivity index (χ1n) is 7.27. The molecule has 1 aromatic rings. The first-order valence-corrected chi connectivity index (χ1v) is 7.68. The number of aryl methyl sites for hydroxylation is 1. The van der Waals surface area contributed by atoms with Gasteiger partial charge < -0.3 is 16.0 Å². The first-order chi connectivity index (χ1) is 9.72. The lowest BCUT2D eigenvalue weighted by molar-refractivity contribution is 0.356. The molecule has 0 saturated carbocycles. The Bertz CT molecular complexity index is 489. The fourth-order valence-corrected chi connectivity index (χ4v) is 2.64. The zero-order valence-corrected chi connectivity index (χ0v) is 14.7. The highest BCUT2D eigenvalue weighted by molar-refractivity contribution is 7.80. The molecule has 21 heavy (non-hydrogen) atoms. The number of nitrogens with one attached hydrogen (secondary N) is 1. The summed E-state index contributed by atoms with van der Waals surface area (Å²) in [5, 5.41) is 11.9. The fraction of sp³-hybridized carbons (Fsp3) is 0.667. The van der Waals surface area contributed by atoms with E-state index >= 15 is 0 Å². The summed E-state index contributed by atoms with van der Waals surface area (Å²) in [4.78, 5) is 2.52. The topological polar surface area (TPSA) is 67.1 Å². The van der Waals surface area contributed by atoms with Crippen molar-refractivity contribution < 1.29 is 0 Å². The fourth-order valence-electron chi connectivity index (χ4n) is 2.39. The summed E-state index contributed by atoms with van der Waals surface area (Å²) in [7, 11) is 4.13. The molecule has 118 valence electrons. The second-order valence-corrected chi connectivity index (χ2v) is 6.67. The zero-order chi connectivity index (χ0) is 16.2. The maximum absolute atomic E-state index is 5.88. The number of hydrogen-bond acceptors (Lipinski definition) is 5. The number of thiocarbonyl (C=S) groups is 1. The molecule has 1 atom stereocenters. The maximum atomic E-state index is 5.88. The predicted molar refractivity (Wildman–Crippen MR) is 92.8 cm³/mol. The van der Waals surface area contributed by atoms with Crippen molar-refractivity contribution in [2.75, 3.05) is 26.0 Å². The van der Waals surface area contributed by atoms with E-state index in [1.165, 1.54) is 0 Å². The average Bonchev–Trinajstić information content (AvgIpc) is 2.31. The van der Waals surface area contributed by atoms with Gasteiger partial charge in [0.25, 0.3) is 0 Å². The van der Waals surface area contributed by atoms with Gasteiger partial charge in [0.1, 0.15) is 4.99 Å². The van der Waals surface area contributed by atoms with Crippen LogP contribution in [0.4, 0.5) is 5.82 Å². The van der Waals surface area contributed by atoms with Crippen molar-refractivity contribution in [2.45, 2.75) is 40.2 Å². The summed E-state index contributed by atoms with van der Waals surface area (Å²) < 4.78 is 0. The molecular formula is C15H27N5S. The summed E-state index contributed by atoms with van der Waals surface area (Å²) in [6.45, 7) is 9.24. The van der Waals surface area contributed by atoms with Crippen molar-refractivity contribution in [3.8, 4) is 0 Å². The largest absolute Gasteiger partial charge is 0.389 e. The van der Waals surface area contributed by atoms with E-state index in [4.69, 9.17) is 18.0 Å². The smallest absolute Gasteiger partial charge is 0.159 e. The van der Waals surface area contributed by atoms with Crippen LogP contribution in [0.25, 0.3) is 0 Å². The highest BCUT2D eigenvalue weighted by Gasteiger charge is 2.18. The first kappa shape index (κ1) is 17.8. The van der Waals surface area contributed by atoms with Gasteiger partial charge in [-0.15, -0.1) is 5.10 Å². The van der Waals surface area contributed by atoms with Crippen LogP contribution in [0, 0.1) is 19.8 Å². The third kappa shape index (κ3) is 5.21. The lowest BCUT2D eigenvalue weighted by Gasteiger charge is -2.25. The number of nitrogens with two attached hydrogens (primary N) is 1. The molecule has 0 saturated heterocycles. The van der Waals surface area contributed by atoms with Gasteiger partial charge in [0.05, 0.1) is 11.3 Å². The minimum atomic E-state index is 0.282. The van der Waals surface area contributed by atoms with Crippen LogP contribution in [0.5, 0.6) is 0 Å². The van der Waals surface area contributed by atoms with E-state index in [1.807, 2.05) is 13.8 Å². The lowest BCUT2D eigenvalue weighted by Crippen LogP contribution is -2.35. The molecule has 0 radical (unpaired) electrons. The SMILES string of the molecule is Cc1nnc(NC(CC(C)C)CN(C)C)c(C(N)=S)c1C. The van der Waals surface area contributed by atoms with Gasteiger partial charge >= 0.3 is 0 Å². The van der Waals surface area contributed by atoms with Gasteiger partial charge in [0.2, 0.25) is 0 Å². The van der Waals surface area contributed by atoms with Gasteiger partial charge in [-0.25, -0.2) is 0 Å². The molecule has 1 unspecified atom stereocenters. The van der Waals surface area contributed by atoms with Crippen molar-refractivity contribution in [3.05, 3.63) is 16.8 Å². The molecular weight excluding hydrogens is 282 g/mol. The lowest BCUT2D eigenvalue weighted by atomic mass is 10.0. The average molecular weight is 309 g/mol. The molecule has 1 rings (SSSR count). The van der Waals surface area contributed by atoms with Gasteiger partial charge in [-0.2, -0.15) is 5.10 Å². The van der Waals surface area contributed by atoms with E-state index in [2.05, 4.69) is 48.4 Å². The van der Waals surface area contributed by atoms with Crippen molar-refractivity contribution >= 4 is 23.0 Å². The van der Waals surface area contributed by atoms with E-state index in [1.54, 1.807) is 0 Å². The summed E-state index contributed by atoms with van der Waals surface area (Å²) in [6.07, 6.45) is 1.05. The van der Waals surface area contributed by atoms with Crippen molar-refractivity contribution in [3.63, 3.8) is 0 Å². The number of hydrogen-bond donors (Lipinski definition) is 2. The molecule has 1 heterocycles. The van der Waals surface area contributed by atoms with E-state index in [-0.39, 0.29) is 6.04 Å². The van der Waals surface area contributed by atoms with Gasteiger partial charge in [0.15, 0.2) is 5.82 Å². The van der Waals surface area contributed by atoms with Crippen molar-refractivity contribution in [1.82, 2.24) is 15.1 Å². The third-order valence-electron chi connectivity index (χ3n) is 3.38. The Balaban J connectivity index is 3.08. The summed E-state index contributed by atoms with van der Waals surface area (Å²) in [5.74, 6) is 1.29. The van der Waals surface area contributed by atoms with Crippen molar-refractivity contribution in [2.24, 2.45) is 11.7 Å². The molecule has 0 spiro atoms. The Hall–Kier alpha value is -1.27. The number of likely N-dealkylation sites (N-methyl/N-ethyl adjacent to an activating group) is 1. The molecule has 0 aliphatic rings. The number of nitrogens with zero attached hydrogens (tertiary/aromatic N) is 3. The van der Waals surface area contributed by atoms with Crippen LogP contribution in [-0.2, 0) is 0 Å². The minimum Gasteiger partial charge on any atom is -0.389 e. The second-order valence-electron chi connectivity index (χ2n) is 6.23. The molecule has 0 fully saturated rings. The van der Waals surface area contributed by atoms with E-state index in [9.17, 15) is 0 Å². The van der Waals surface area contributed by atoms with Crippen LogP contribution < -0.4 is 11.1 Å². The molecule has 0 bridgehead atoms. The van der Waals surface area contributed by atoms with Gasteiger partial charge in [-0.3, -0.25) is 0 Å². The van der Waals surface area contributed by atoms with Gasteiger partial charge in [0, 0.05) is 12.6 Å². The zero-order valence-electron chi connectivity index (χ0n) is 13.9. The Morgan fingerprint density at radius 3 is 2.38 bits per heavy atom. The van der Waals surface area contributed by atoms with E-state index < -0.39 is 0 Å². The molecule has 0 amide bonds. The number of aromatic nitrogens is 2. The molecule has 3 N–H and O–H groups in total.